The van der Waals surface area contributed by atoms with E-state index >= 15 is 0 Å². The Morgan fingerprint density at radius 1 is 1.14 bits per heavy atom. The summed E-state index contributed by atoms with van der Waals surface area (Å²) in [6.45, 7) is 1.85. The highest BCUT2D eigenvalue weighted by Crippen LogP contribution is 2.21. The normalized spacial score (nSPS) is 10.9. The zero-order valence-corrected chi connectivity index (χ0v) is 11.7. The molecule has 0 atom stereocenters. The van der Waals surface area contributed by atoms with Crippen LogP contribution in [0.5, 0.6) is 5.75 Å². The number of allylic oxidation sites excluding steroid dienone is 1. The molecule has 0 saturated heterocycles. The maximum absolute atomic E-state index is 13.5. The van der Waals surface area contributed by atoms with E-state index in [0.717, 1.165) is 23.8 Å². The first-order valence-corrected chi connectivity index (χ1v) is 6.33. The number of rotatable bonds is 4. The summed E-state index contributed by atoms with van der Waals surface area (Å²) in [5.74, 6) is -1.04. The third-order valence-corrected chi connectivity index (χ3v) is 2.99. The van der Waals surface area contributed by atoms with Gasteiger partial charge in [-0.3, -0.25) is 4.79 Å². The van der Waals surface area contributed by atoms with E-state index in [1.165, 1.54) is 19.3 Å². The third kappa shape index (κ3) is 3.54. The molecular weight excluding hydrogens is 274 g/mol. The van der Waals surface area contributed by atoms with Crippen molar-refractivity contribution in [2.75, 3.05) is 7.11 Å². The van der Waals surface area contributed by atoms with Crippen LogP contribution in [-0.4, -0.2) is 12.9 Å². The van der Waals surface area contributed by atoms with Gasteiger partial charge in [0.15, 0.2) is 5.78 Å². The van der Waals surface area contributed by atoms with E-state index in [1.807, 2.05) is 13.0 Å². The van der Waals surface area contributed by atoms with Gasteiger partial charge in [0, 0.05) is 5.56 Å². The van der Waals surface area contributed by atoms with E-state index in [-0.39, 0.29) is 11.3 Å². The summed E-state index contributed by atoms with van der Waals surface area (Å²) < 4.78 is 31.7. The van der Waals surface area contributed by atoms with Crippen LogP contribution in [0.25, 0.3) is 6.08 Å². The molecule has 0 unspecified atom stereocenters. The number of hydrogen-bond acceptors (Lipinski definition) is 2. The largest absolute Gasteiger partial charge is 0.496 e. The van der Waals surface area contributed by atoms with Crippen LogP contribution in [0.3, 0.4) is 0 Å². The average Bonchev–Trinajstić information content (AvgIpc) is 2.47. The second kappa shape index (κ2) is 6.31. The van der Waals surface area contributed by atoms with Gasteiger partial charge in [0.2, 0.25) is 0 Å². The molecule has 2 rings (SSSR count). The molecule has 2 aromatic rings. The van der Waals surface area contributed by atoms with Crippen molar-refractivity contribution in [1.29, 1.82) is 0 Å². The molecule has 0 bridgehead atoms. The van der Waals surface area contributed by atoms with E-state index in [9.17, 15) is 13.6 Å². The highest BCUT2D eigenvalue weighted by atomic mass is 19.1. The predicted octanol–water partition coefficient (Wildman–Crippen LogP) is 4.18. The van der Waals surface area contributed by atoms with Crippen LogP contribution in [0.1, 0.15) is 21.5 Å². The highest BCUT2D eigenvalue weighted by molar-refractivity contribution is 6.08. The topological polar surface area (TPSA) is 26.3 Å². The van der Waals surface area contributed by atoms with Gasteiger partial charge in [0.1, 0.15) is 17.4 Å². The summed E-state index contributed by atoms with van der Waals surface area (Å²) in [5.41, 5.74) is 1.31. The minimum absolute atomic E-state index is 0.0231. The molecule has 0 N–H and O–H groups in total. The fourth-order valence-corrected chi connectivity index (χ4v) is 1.91. The van der Waals surface area contributed by atoms with Crippen LogP contribution in [0.2, 0.25) is 0 Å². The van der Waals surface area contributed by atoms with Gasteiger partial charge in [-0.2, -0.15) is 0 Å². The average molecular weight is 288 g/mol. The van der Waals surface area contributed by atoms with Crippen molar-refractivity contribution in [1.82, 2.24) is 0 Å². The number of carbonyl (C=O) groups is 1. The zero-order chi connectivity index (χ0) is 15.4. The second-order valence-corrected chi connectivity index (χ2v) is 4.57. The van der Waals surface area contributed by atoms with E-state index < -0.39 is 11.6 Å². The number of hydrogen-bond donors (Lipinski definition) is 0. The quantitative estimate of drug-likeness (QED) is 0.623. The van der Waals surface area contributed by atoms with Crippen LogP contribution in [0, 0.1) is 18.6 Å². The summed E-state index contributed by atoms with van der Waals surface area (Å²) in [4.78, 5) is 12.2. The van der Waals surface area contributed by atoms with Gasteiger partial charge < -0.3 is 4.74 Å². The number of ketones is 1. The first kappa shape index (κ1) is 14.9. The molecule has 21 heavy (non-hydrogen) atoms. The molecule has 0 saturated carbocycles. The smallest absolute Gasteiger partial charge is 0.189 e. The zero-order valence-electron chi connectivity index (χ0n) is 11.7. The Balaban J connectivity index is 2.31. The maximum Gasteiger partial charge on any atom is 0.189 e. The standard InChI is InChI=1S/C17H14F2O2/c1-11-3-8-17(21-2)14(9-11)16(20)7-4-12-10-13(18)5-6-15(12)19/h3-10H,1-2H3/b7-4+. The van der Waals surface area contributed by atoms with Gasteiger partial charge in [-0.15, -0.1) is 0 Å². The number of methoxy groups -OCH3 is 1. The van der Waals surface area contributed by atoms with Crippen LogP contribution in [0.15, 0.2) is 42.5 Å². The van der Waals surface area contributed by atoms with Crippen LogP contribution in [0.4, 0.5) is 8.78 Å². The minimum atomic E-state index is -0.586. The summed E-state index contributed by atoms with van der Waals surface area (Å²) in [7, 11) is 1.47. The molecule has 0 aliphatic heterocycles. The van der Waals surface area contributed by atoms with Crippen molar-refractivity contribution in [3.05, 3.63) is 70.8 Å². The van der Waals surface area contributed by atoms with Crippen LogP contribution >= 0.6 is 0 Å². The molecule has 0 spiro atoms. The molecule has 108 valence electrons. The van der Waals surface area contributed by atoms with Crippen molar-refractivity contribution in [2.24, 2.45) is 0 Å². The molecule has 0 heterocycles. The van der Waals surface area contributed by atoms with E-state index in [0.29, 0.717) is 11.3 Å². The van der Waals surface area contributed by atoms with E-state index in [1.54, 1.807) is 12.1 Å². The number of benzene rings is 2. The lowest BCUT2D eigenvalue weighted by atomic mass is 10.1. The van der Waals surface area contributed by atoms with E-state index in [4.69, 9.17) is 4.74 Å². The minimum Gasteiger partial charge on any atom is -0.496 e. The number of carbonyl (C=O) groups excluding carboxylic acids is 1. The molecule has 2 aromatic carbocycles. The Morgan fingerprint density at radius 2 is 1.90 bits per heavy atom. The first-order valence-electron chi connectivity index (χ1n) is 6.33. The molecule has 2 nitrogen and oxygen atoms in total. The van der Waals surface area contributed by atoms with Crippen molar-refractivity contribution in [3.8, 4) is 5.75 Å². The van der Waals surface area contributed by atoms with Gasteiger partial charge in [0.25, 0.3) is 0 Å². The number of halogens is 2. The lowest BCUT2D eigenvalue weighted by Crippen LogP contribution is -1.99. The van der Waals surface area contributed by atoms with Gasteiger partial charge in [-0.1, -0.05) is 11.6 Å². The molecule has 0 fully saturated rings. The van der Waals surface area contributed by atoms with Gasteiger partial charge in [-0.05, 0) is 49.4 Å². The van der Waals surface area contributed by atoms with Crippen molar-refractivity contribution in [3.63, 3.8) is 0 Å². The molecule has 0 aliphatic rings. The summed E-state index contributed by atoms with van der Waals surface area (Å²) >= 11 is 0. The van der Waals surface area contributed by atoms with Crippen molar-refractivity contribution in [2.45, 2.75) is 6.92 Å². The molecular formula is C17H14F2O2. The molecule has 0 aliphatic carbocycles. The molecule has 4 heteroatoms. The Kier molecular flexibility index (Phi) is 4.48. The third-order valence-electron chi connectivity index (χ3n) is 2.99. The second-order valence-electron chi connectivity index (χ2n) is 4.57. The Hall–Kier alpha value is -2.49. The van der Waals surface area contributed by atoms with Gasteiger partial charge in [0.05, 0.1) is 12.7 Å². The first-order chi connectivity index (χ1) is 10.0. The lowest BCUT2D eigenvalue weighted by molar-refractivity contribution is 0.104. The number of ether oxygens (including phenoxy) is 1. The Bertz CT molecular complexity index is 706. The fourth-order valence-electron chi connectivity index (χ4n) is 1.91. The Labute approximate surface area is 121 Å². The Morgan fingerprint density at radius 3 is 2.62 bits per heavy atom. The van der Waals surface area contributed by atoms with Crippen molar-refractivity contribution < 1.29 is 18.3 Å². The van der Waals surface area contributed by atoms with Gasteiger partial charge >= 0.3 is 0 Å². The van der Waals surface area contributed by atoms with Crippen molar-refractivity contribution >= 4 is 11.9 Å². The SMILES string of the molecule is COc1ccc(C)cc1C(=O)/C=C/c1cc(F)ccc1F. The summed E-state index contributed by atoms with van der Waals surface area (Å²) in [6.07, 6.45) is 2.46. The van der Waals surface area contributed by atoms with Gasteiger partial charge in [-0.25, -0.2) is 8.78 Å². The monoisotopic (exact) mass is 288 g/mol. The maximum atomic E-state index is 13.5. The van der Waals surface area contributed by atoms with E-state index in [2.05, 4.69) is 0 Å². The molecule has 0 radical (unpaired) electrons. The van der Waals surface area contributed by atoms with Crippen LogP contribution < -0.4 is 4.74 Å². The number of aryl methyl sites for hydroxylation is 1. The highest BCUT2D eigenvalue weighted by Gasteiger charge is 2.10. The summed E-state index contributed by atoms with van der Waals surface area (Å²) in [6, 6.07) is 8.29. The van der Waals surface area contributed by atoms with Crippen LogP contribution in [-0.2, 0) is 0 Å². The fraction of sp³-hybridized carbons (Fsp3) is 0.118. The molecule has 0 aromatic heterocycles. The predicted molar refractivity (Wildman–Crippen MR) is 77.5 cm³/mol. The molecule has 0 amide bonds. The summed E-state index contributed by atoms with van der Waals surface area (Å²) in [5, 5.41) is 0. The lowest BCUT2D eigenvalue weighted by Gasteiger charge is -2.06.